The van der Waals surface area contributed by atoms with Crippen LogP contribution in [0.25, 0.3) is 0 Å². The number of ether oxygens (including phenoxy) is 3. The van der Waals surface area contributed by atoms with Gasteiger partial charge in [-0.3, -0.25) is 9.59 Å². The summed E-state index contributed by atoms with van der Waals surface area (Å²) in [5.74, 6) is -2.29. The topological polar surface area (TPSA) is 140 Å². The second kappa shape index (κ2) is 14.0. The Morgan fingerprint density at radius 1 is 0.943 bits per heavy atom. The fourth-order valence-electron chi connectivity index (χ4n) is 3.00. The van der Waals surface area contributed by atoms with Crippen LogP contribution in [0, 0.1) is 0 Å². The van der Waals surface area contributed by atoms with Crippen molar-refractivity contribution in [2.75, 3.05) is 13.7 Å². The zero-order chi connectivity index (χ0) is 25.6. The van der Waals surface area contributed by atoms with Gasteiger partial charge in [0.25, 0.3) is 0 Å². The highest BCUT2D eigenvalue weighted by Crippen LogP contribution is 2.12. The highest BCUT2D eigenvalue weighted by molar-refractivity contribution is 5.92. The molecule has 186 valence electrons. The largest absolute Gasteiger partial charge is 0.497 e. The van der Waals surface area contributed by atoms with Crippen LogP contribution in [0.4, 0.5) is 4.79 Å². The molecule has 0 spiro atoms. The Balaban J connectivity index is 2.05. The van der Waals surface area contributed by atoms with Gasteiger partial charge >= 0.3 is 18.0 Å². The molecule has 0 aliphatic heterocycles. The van der Waals surface area contributed by atoms with Gasteiger partial charge in [0.15, 0.2) is 0 Å². The first kappa shape index (κ1) is 26.9. The number of methoxy groups -OCH3 is 1. The van der Waals surface area contributed by atoms with Crippen LogP contribution in [0.3, 0.4) is 0 Å². The molecule has 0 heterocycles. The number of rotatable bonds is 13. The molecule has 0 bridgehead atoms. The molecular weight excluding hydrogens is 456 g/mol. The summed E-state index contributed by atoms with van der Waals surface area (Å²) >= 11 is 0. The molecule has 0 aromatic heterocycles. The average Bonchev–Trinajstić information content (AvgIpc) is 2.85. The Hall–Kier alpha value is -4.34. The molecular formula is C25H28N2O8. The van der Waals surface area contributed by atoms with Crippen LogP contribution in [0.2, 0.25) is 0 Å². The van der Waals surface area contributed by atoms with E-state index in [0.717, 1.165) is 5.56 Å². The summed E-state index contributed by atoms with van der Waals surface area (Å²) in [6, 6.07) is 13.1. The maximum absolute atomic E-state index is 12.9. The molecule has 10 nitrogen and oxygen atoms in total. The fraction of sp³-hybridized carbons (Fsp3) is 0.280. The third kappa shape index (κ3) is 9.58. The predicted molar refractivity (Wildman–Crippen MR) is 126 cm³/mol. The van der Waals surface area contributed by atoms with Crippen molar-refractivity contribution in [3.8, 4) is 5.75 Å². The number of carbonyl (C=O) groups is 4. The lowest BCUT2D eigenvalue weighted by Crippen LogP contribution is -2.53. The normalized spacial score (nSPS) is 11.9. The van der Waals surface area contributed by atoms with Gasteiger partial charge in [-0.1, -0.05) is 55.1 Å². The zero-order valence-electron chi connectivity index (χ0n) is 19.3. The number of carbonyl (C=O) groups excluding carboxylic acids is 3. The summed E-state index contributed by atoms with van der Waals surface area (Å²) in [6.07, 6.45) is -0.225. The number of hydrogen-bond acceptors (Lipinski definition) is 7. The number of alkyl carbamates (subject to hydrolysis) is 1. The Morgan fingerprint density at radius 3 is 2.23 bits per heavy atom. The third-order valence-electron chi connectivity index (χ3n) is 4.74. The van der Waals surface area contributed by atoms with Crippen LogP contribution < -0.4 is 15.4 Å². The molecule has 2 amide bonds. The number of benzene rings is 2. The molecule has 3 N–H and O–H groups in total. The van der Waals surface area contributed by atoms with Gasteiger partial charge in [0.1, 0.15) is 31.0 Å². The van der Waals surface area contributed by atoms with Gasteiger partial charge in [-0.05, 0) is 23.3 Å². The quantitative estimate of drug-likeness (QED) is 0.290. The molecule has 2 aromatic rings. The first-order valence-corrected chi connectivity index (χ1v) is 10.7. The number of carboxylic acid groups (broad SMARTS) is 1. The third-order valence-corrected chi connectivity index (χ3v) is 4.74. The van der Waals surface area contributed by atoms with E-state index in [2.05, 4.69) is 17.2 Å². The van der Waals surface area contributed by atoms with E-state index in [9.17, 15) is 24.3 Å². The van der Waals surface area contributed by atoms with Crippen molar-refractivity contribution >= 4 is 23.9 Å². The number of carboxylic acids is 1. The molecule has 0 aliphatic rings. The minimum atomic E-state index is -1.48. The van der Waals surface area contributed by atoms with Gasteiger partial charge in [0.05, 0.1) is 13.5 Å². The van der Waals surface area contributed by atoms with Gasteiger partial charge in [0.2, 0.25) is 5.91 Å². The van der Waals surface area contributed by atoms with E-state index in [0.29, 0.717) is 11.3 Å². The summed E-state index contributed by atoms with van der Waals surface area (Å²) < 4.78 is 15.2. The second-order valence-corrected chi connectivity index (χ2v) is 7.39. The first-order chi connectivity index (χ1) is 16.8. The lowest BCUT2D eigenvalue weighted by Gasteiger charge is -2.22. The molecule has 10 heteroatoms. The zero-order valence-corrected chi connectivity index (χ0v) is 19.3. The van der Waals surface area contributed by atoms with E-state index in [1.807, 2.05) is 0 Å². The first-order valence-electron chi connectivity index (χ1n) is 10.7. The van der Waals surface area contributed by atoms with Crippen LogP contribution in [-0.4, -0.2) is 54.8 Å². The minimum absolute atomic E-state index is 0.0610. The molecule has 2 atom stereocenters. The number of aliphatic carboxylic acids is 1. The Kier molecular flexibility index (Phi) is 10.8. The van der Waals surface area contributed by atoms with Gasteiger partial charge in [-0.2, -0.15) is 0 Å². The fourth-order valence-corrected chi connectivity index (χ4v) is 3.00. The van der Waals surface area contributed by atoms with Crippen molar-refractivity contribution in [2.24, 2.45) is 0 Å². The van der Waals surface area contributed by atoms with E-state index in [1.165, 1.54) is 13.2 Å². The molecule has 0 radical (unpaired) electrons. The van der Waals surface area contributed by atoms with Crippen LogP contribution >= 0.6 is 0 Å². The van der Waals surface area contributed by atoms with E-state index in [-0.39, 0.29) is 19.6 Å². The monoisotopic (exact) mass is 484 g/mol. The van der Waals surface area contributed by atoms with Crippen molar-refractivity contribution in [1.82, 2.24) is 10.6 Å². The van der Waals surface area contributed by atoms with Crippen molar-refractivity contribution in [2.45, 2.75) is 31.5 Å². The van der Waals surface area contributed by atoms with E-state index < -0.39 is 42.4 Å². The van der Waals surface area contributed by atoms with Crippen molar-refractivity contribution in [1.29, 1.82) is 0 Å². The smallest absolute Gasteiger partial charge is 0.408 e. The van der Waals surface area contributed by atoms with Gasteiger partial charge in [-0.15, -0.1) is 0 Å². The number of hydrogen-bond donors (Lipinski definition) is 3. The maximum Gasteiger partial charge on any atom is 0.408 e. The number of nitrogens with one attached hydrogen (secondary N) is 2. The molecule has 0 fully saturated rings. The Labute approximate surface area is 202 Å². The van der Waals surface area contributed by atoms with Gasteiger partial charge < -0.3 is 30.0 Å². The lowest BCUT2D eigenvalue weighted by atomic mass is 10.1. The maximum atomic E-state index is 12.9. The summed E-state index contributed by atoms with van der Waals surface area (Å²) in [6.45, 7) is 3.31. The highest BCUT2D eigenvalue weighted by atomic mass is 16.5. The minimum Gasteiger partial charge on any atom is -0.497 e. The molecule has 2 rings (SSSR count). The van der Waals surface area contributed by atoms with Crippen molar-refractivity contribution in [3.05, 3.63) is 78.4 Å². The van der Waals surface area contributed by atoms with E-state index >= 15 is 0 Å². The average molecular weight is 485 g/mol. The molecule has 0 saturated heterocycles. The van der Waals surface area contributed by atoms with Gasteiger partial charge in [-0.25, -0.2) is 9.59 Å². The summed E-state index contributed by atoms with van der Waals surface area (Å²) in [7, 11) is 1.52. The van der Waals surface area contributed by atoms with Crippen LogP contribution in [0.5, 0.6) is 5.75 Å². The Morgan fingerprint density at radius 2 is 1.63 bits per heavy atom. The van der Waals surface area contributed by atoms with E-state index in [4.69, 9.17) is 14.2 Å². The van der Waals surface area contributed by atoms with Crippen molar-refractivity contribution < 1.29 is 38.5 Å². The summed E-state index contributed by atoms with van der Waals surface area (Å²) in [4.78, 5) is 48.9. The van der Waals surface area contributed by atoms with Crippen LogP contribution in [0.15, 0.2) is 67.3 Å². The second-order valence-electron chi connectivity index (χ2n) is 7.39. The number of amides is 2. The lowest BCUT2D eigenvalue weighted by molar-refractivity contribution is -0.147. The standard InChI is InChI=1S/C25H28N2O8/c1-3-13-34-24(31)21(14-17-7-5-4-6-8-17)26-23(30)20(15-22(28)29)27-25(32)35-16-18-9-11-19(33-2)12-10-18/h3-12,20-21H,1,13-16H2,2H3,(H,26,30)(H,27,32)(H,28,29)/t20-,21-/m0/s1. The molecule has 0 aliphatic carbocycles. The molecule has 0 saturated carbocycles. The molecule has 0 unspecified atom stereocenters. The number of esters is 1. The van der Waals surface area contributed by atoms with Gasteiger partial charge in [0, 0.05) is 6.42 Å². The predicted octanol–water partition coefficient (Wildman–Crippen LogP) is 2.22. The van der Waals surface area contributed by atoms with Crippen LogP contribution in [-0.2, 0) is 36.9 Å². The Bertz CT molecular complexity index is 1010. The summed E-state index contributed by atoms with van der Waals surface area (Å²) in [5, 5.41) is 13.9. The molecule has 2 aromatic carbocycles. The van der Waals surface area contributed by atoms with Crippen LogP contribution in [0.1, 0.15) is 17.5 Å². The highest BCUT2D eigenvalue weighted by Gasteiger charge is 2.29. The molecule has 35 heavy (non-hydrogen) atoms. The van der Waals surface area contributed by atoms with Crippen molar-refractivity contribution in [3.63, 3.8) is 0 Å². The van der Waals surface area contributed by atoms with E-state index in [1.54, 1.807) is 54.6 Å². The summed E-state index contributed by atoms with van der Waals surface area (Å²) in [5.41, 5.74) is 1.41. The SMILES string of the molecule is C=CCOC(=O)[C@H](Cc1ccccc1)NC(=O)[C@H](CC(=O)O)NC(=O)OCc1ccc(OC)cc1.